The predicted molar refractivity (Wildman–Crippen MR) is 101 cm³/mol. The SMILES string of the molecule is Cc1ccc(C)c(Oc2cc(NC(=O)OC(C)(C)C)ccc2N)c1C. The molecule has 0 atom stereocenters. The first-order valence-electron chi connectivity index (χ1n) is 8.21. The molecule has 0 fully saturated rings. The summed E-state index contributed by atoms with van der Waals surface area (Å²) in [6.45, 7) is 11.5. The van der Waals surface area contributed by atoms with E-state index in [1.54, 1.807) is 18.2 Å². The first kappa shape index (κ1) is 18.6. The highest BCUT2D eigenvalue weighted by atomic mass is 16.6. The van der Waals surface area contributed by atoms with Crippen molar-refractivity contribution in [3.8, 4) is 11.5 Å². The van der Waals surface area contributed by atoms with Crippen molar-refractivity contribution in [2.45, 2.75) is 47.1 Å². The summed E-state index contributed by atoms with van der Waals surface area (Å²) in [5.74, 6) is 1.27. The molecular formula is C20H26N2O3. The van der Waals surface area contributed by atoms with Crippen LogP contribution >= 0.6 is 0 Å². The van der Waals surface area contributed by atoms with Gasteiger partial charge in [-0.3, -0.25) is 5.32 Å². The summed E-state index contributed by atoms with van der Waals surface area (Å²) < 4.78 is 11.3. The summed E-state index contributed by atoms with van der Waals surface area (Å²) in [4.78, 5) is 11.9. The van der Waals surface area contributed by atoms with Crippen molar-refractivity contribution in [3.63, 3.8) is 0 Å². The second-order valence-corrected chi connectivity index (χ2v) is 7.14. The van der Waals surface area contributed by atoms with E-state index in [-0.39, 0.29) is 0 Å². The summed E-state index contributed by atoms with van der Waals surface area (Å²) in [7, 11) is 0. The Labute approximate surface area is 149 Å². The Morgan fingerprint density at radius 3 is 2.32 bits per heavy atom. The van der Waals surface area contributed by atoms with E-state index < -0.39 is 11.7 Å². The average molecular weight is 342 g/mol. The van der Waals surface area contributed by atoms with Crippen LogP contribution in [0.4, 0.5) is 16.2 Å². The summed E-state index contributed by atoms with van der Waals surface area (Å²) in [6.07, 6.45) is -0.522. The number of anilines is 2. The van der Waals surface area contributed by atoms with Gasteiger partial charge in [0.05, 0.1) is 5.69 Å². The van der Waals surface area contributed by atoms with Crippen LogP contribution in [0.3, 0.4) is 0 Å². The van der Waals surface area contributed by atoms with E-state index in [1.165, 1.54) is 0 Å². The van der Waals surface area contributed by atoms with Crippen molar-refractivity contribution in [1.29, 1.82) is 0 Å². The Bertz CT molecular complexity index is 792. The molecule has 1 amide bonds. The Morgan fingerprint density at radius 2 is 1.68 bits per heavy atom. The molecule has 0 aliphatic heterocycles. The average Bonchev–Trinajstić information content (AvgIpc) is 2.48. The number of nitrogen functional groups attached to an aromatic ring is 1. The highest BCUT2D eigenvalue weighted by Gasteiger charge is 2.17. The maximum atomic E-state index is 11.9. The number of carbonyl (C=O) groups excluding carboxylic acids is 1. The molecule has 2 aromatic carbocycles. The summed E-state index contributed by atoms with van der Waals surface area (Å²) in [6, 6.07) is 9.17. The van der Waals surface area contributed by atoms with E-state index in [2.05, 4.69) is 11.4 Å². The molecule has 5 nitrogen and oxygen atoms in total. The quantitative estimate of drug-likeness (QED) is 0.739. The molecule has 0 heterocycles. The van der Waals surface area contributed by atoms with Crippen LogP contribution in [0, 0.1) is 20.8 Å². The van der Waals surface area contributed by atoms with Crippen LogP contribution in [-0.2, 0) is 4.74 Å². The van der Waals surface area contributed by atoms with Crippen molar-refractivity contribution in [2.24, 2.45) is 0 Å². The molecule has 5 heteroatoms. The molecule has 2 rings (SSSR count). The van der Waals surface area contributed by atoms with Crippen LogP contribution in [-0.4, -0.2) is 11.7 Å². The van der Waals surface area contributed by atoms with Gasteiger partial charge in [0.25, 0.3) is 0 Å². The molecule has 0 aliphatic carbocycles. The topological polar surface area (TPSA) is 73.6 Å². The molecule has 25 heavy (non-hydrogen) atoms. The summed E-state index contributed by atoms with van der Waals surface area (Å²) in [5, 5.41) is 2.70. The lowest BCUT2D eigenvalue weighted by Gasteiger charge is -2.20. The molecule has 134 valence electrons. The largest absolute Gasteiger partial charge is 0.455 e. The number of ether oxygens (including phenoxy) is 2. The van der Waals surface area contributed by atoms with Gasteiger partial charge in [0.2, 0.25) is 0 Å². The van der Waals surface area contributed by atoms with Gasteiger partial charge in [-0.15, -0.1) is 0 Å². The van der Waals surface area contributed by atoms with Gasteiger partial charge < -0.3 is 15.2 Å². The predicted octanol–water partition coefficient (Wildman–Crippen LogP) is 5.33. The number of hydrogen-bond acceptors (Lipinski definition) is 4. The van der Waals surface area contributed by atoms with Gasteiger partial charge in [-0.05, 0) is 70.4 Å². The molecule has 0 bridgehead atoms. The molecule has 0 spiro atoms. The van der Waals surface area contributed by atoms with E-state index in [1.807, 2.05) is 47.6 Å². The van der Waals surface area contributed by atoms with Gasteiger partial charge in [0, 0.05) is 11.8 Å². The van der Waals surface area contributed by atoms with E-state index in [0.717, 1.165) is 22.4 Å². The van der Waals surface area contributed by atoms with Crippen LogP contribution in [0.5, 0.6) is 11.5 Å². The van der Waals surface area contributed by atoms with Crippen LogP contribution in [0.1, 0.15) is 37.5 Å². The number of nitrogens with one attached hydrogen (secondary N) is 1. The Balaban J connectivity index is 2.26. The maximum Gasteiger partial charge on any atom is 0.412 e. The summed E-state index contributed by atoms with van der Waals surface area (Å²) >= 11 is 0. The van der Waals surface area contributed by atoms with Crippen LogP contribution in [0.15, 0.2) is 30.3 Å². The molecule has 0 saturated carbocycles. The number of benzene rings is 2. The fourth-order valence-electron chi connectivity index (χ4n) is 2.31. The normalized spacial score (nSPS) is 11.1. The second kappa shape index (κ2) is 7.05. The van der Waals surface area contributed by atoms with Crippen molar-refractivity contribution in [2.75, 3.05) is 11.1 Å². The number of aryl methyl sites for hydroxylation is 2. The lowest BCUT2D eigenvalue weighted by atomic mass is 10.1. The third-order valence-corrected chi connectivity index (χ3v) is 3.74. The molecule has 0 unspecified atom stereocenters. The Hall–Kier alpha value is -2.69. The minimum Gasteiger partial charge on any atom is -0.455 e. The molecule has 0 saturated heterocycles. The highest BCUT2D eigenvalue weighted by molar-refractivity contribution is 5.85. The zero-order chi connectivity index (χ0) is 18.8. The van der Waals surface area contributed by atoms with Crippen molar-refractivity contribution >= 4 is 17.5 Å². The standard InChI is InChI=1S/C20H26N2O3/c1-12-7-8-13(2)18(14(12)3)24-17-11-15(9-10-16(17)21)22-19(23)25-20(4,5)6/h7-11H,21H2,1-6H3,(H,22,23). The van der Waals surface area contributed by atoms with E-state index in [4.69, 9.17) is 15.2 Å². The second-order valence-electron chi connectivity index (χ2n) is 7.14. The number of carbonyl (C=O) groups is 1. The molecular weight excluding hydrogens is 316 g/mol. The Kier molecular flexibility index (Phi) is 5.26. The summed E-state index contributed by atoms with van der Waals surface area (Å²) in [5.41, 5.74) is 9.75. The maximum absolute atomic E-state index is 11.9. The monoisotopic (exact) mass is 342 g/mol. The smallest absolute Gasteiger partial charge is 0.412 e. The fraction of sp³-hybridized carbons (Fsp3) is 0.350. The van der Waals surface area contributed by atoms with Gasteiger partial charge in [-0.2, -0.15) is 0 Å². The van der Waals surface area contributed by atoms with Gasteiger partial charge in [-0.25, -0.2) is 4.79 Å². The van der Waals surface area contributed by atoms with E-state index >= 15 is 0 Å². The number of nitrogens with two attached hydrogens (primary N) is 1. The first-order chi connectivity index (χ1) is 11.6. The third-order valence-electron chi connectivity index (χ3n) is 3.74. The zero-order valence-electron chi connectivity index (χ0n) is 15.7. The number of rotatable bonds is 3. The lowest BCUT2D eigenvalue weighted by Crippen LogP contribution is -2.27. The van der Waals surface area contributed by atoms with Crippen molar-refractivity contribution < 1.29 is 14.3 Å². The first-order valence-corrected chi connectivity index (χ1v) is 8.21. The van der Waals surface area contributed by atoms with Gasteiger partial charge in [0.15, 0.2) is 5.75 Å². The molecule has 0 radical (unpaired) electrons. The highest BCUT2D eigenvalue weighted by Crippen LogP contribution is 2.35. The van der Waals surface area contributed by atoms with Gasteiger partial charge >= 0.3 is 6.09 Å². The minimum atomic E-state index is -0.562. The van der Waals surface area contributed by atoms with Crippen molar-refractivity contribution in [1.82, 2.24) is 0 Å². The van der Waals surface area contributed by atoms with Crippen molar-refractivity contribution in [3.05, 3.63) is 47.0 Å². The molecule has 2 aromatic rings. The minimum absolute atomic E-state index is 0.491. The lowest BCUT2D eigenvalue weighted by molar-refractivity contribution is 0.0636. The third kappa shape index (κ3) is 4.89. The number of hydrogen-bond donors (Lipinski definition) is 2. The molecule has 3 N–H and O–H groups in total. The Morgan fingerprint density at radius 1 is 1.04 bits per heavy atom. The zero-order valence-corrected chi connectivity index (χ0v) is 15.7. The van der Waals surface area contributed by atoms with Gasteiger partial charge in [0.1, 0.15) is 11.4 Å². The van der Waals surface area contributed by atoms with Crippen LogP contribution < -0.4 is 15.8 Å². The van der Waals surface area contributed by atoms with E-state index in [0.29, 0.717) is 17.1 Å². The van der Waals surface area contributed by atoms with Crippen LogP contribution in [0.2, 0.25) is 0 Å². The van der Waals surface area contributed by atoms with Crippen LogP contribution in [0.25, 0.3) is 0 Å². The van der Waals surface area contributed by atoms with E-state index in [9.17, 15) is 4.79 Å². The number of amides is 1. The van der Waals surface area contributed by atoms with Gasteiger partial charge in [-0.1, -0.05) is 12.1 Å². The fourth-order valence-corrected chi connectivity index (χ4v) is 2.31. The molecule has 0 aromatic heterocycles. The molecule has 0 aliphatic rings.